The van der Waals surface area contributed by atoms with Crippen LogP contribution in [0.25, 0.3) is 10.9 Å². The molecule has 3 aromatic carbocycles. The summed E-state index contributed by atoms with van der Waals surface area (Å²) in [6.07, 6.45) is 3.52. The molecule has 5 rings (SSSR count). The van der Waals surface area contributed by atoms with Crippen molar-refractivity contribution in [1.82, 2.24) is 9.97 Å². The standard InChI is InChI=1S/C28H24N6O.C2H6/c1-18-16-24(12-14-30-18)32-21-7-9-23(10-8-21)34-28(35)19-2-5-22(6-3-19)33-27-13-15-31-26-11-4-20(29)17-25(26)27;1-2/h2-17H,29H2,1H3,(H,30,32)(H,31,33)(H,34,35);1-2H3. The Balaban J connectivity index is 0.00000156. The van der Waals surface area contributed by atoms with Gasteiger partial charge in [0.25, 0.3) is 5.91 Å². The Morgan fingerprint density at radius 2 is 1.35 bits per heavy atom. The van der Waals surface area contributed by atoms with Crippen molar-refractivity contribution < 1.29 is 4.79 Å². The molecule has 0 fully saturated rings. The third-order valence-electron chi connectivity index (χ3n) is 5.52. The summed E-state index contributed by atoms with van der Waals surface area (Å²) in [5.74, 6) is -0.177. The smallest absolute Gasteiger partial charge is 0.255 e. The second-order valence-electron chi connectivity index (χ2n) is 8.18. The van der Waals surface area contributed by atoms with E-state index < -0.39 is 0 Å². The number of pyridine rings is 2. The van der Waals surface area contributed by atoms with Crippen LogP contribution < -0.4 is 21.7 Å². The first-order valence-electron chi connectivity index (χ1n) is 12.2. The van der Waals surface area contributed by atoms with Crippen LogP contribution in [0.15, 0.2) is 97.3 Å². The van der Waals surface area contributed by atoms with Crippen LogP contribution >= 0.6 is 0 Å². The summed E-state index contributed by atoms with van der Waals surface area (Å²) in [6, 6.07) is 26.3. The number of aryl methyl sites for hydroxylation is 1. The summed E-state index contributed by atoms with van der Waals surface area (Å²) in [5.41, 5.74) is 13.4. The number of nitrogens with two attached hydrogens (primary N) is 1. The lowest BCUT2D eigenvalue weighted by Gasteiger charge is -2.11. The van der Waals surface area contributed by atoms with E-state index in [1.54, 1.807) is 24.5 Å². The van der Waals surface area contributed by atoms with Gasteiger partial charge in [0, 0.05) is 63.2 Å². The lowest BCUT2D eigenvalue weighted by molar-refractivity contribution is 0.102. The lowest BCUT2D eigenvalue weighted by Crippen LogP contribution is -2.11. The van der Waals surface area contributed by atoms with Gasteiger partial charge in [0.1, 0.15) is 0 Å². The molecule has 37 heavy (non-hydrogen) atoms. The molecule has 0 saturated heterocycles. The zero-order valence-electron chi connectivity index (χ0n) is 21.1. The number of anilines is 6. The van der Waals surface area contributed by atoms with Crippen molar-refractivity contribution in [2.45, 2.75) is 20.8 Å². The van der Waals surface area contributed by atoms with E-state index in [0.29, 0.717) is 11.3 Å². The average molecular weight is 491 g/mol. The summed E-state index contributed by atoms with van der Waals surface area (Å²) < 4.78 is 0. The zero-order chi connectivity index (χ0) is 26.2. The van der Waals surface area contributed by atoms with Crippen LogP contribution in [0.5, 0.6) is 0 Å². The molecule has 0 atom stereocenters. The van der Waals surface area contributed by atoms with Crippen LogP contribution in [0.1, 0.15) is 29.9 Å². The Morgan fingerprint density at radius 3 is 2.08 bits per heavy atom. The van der Waals surface area contributed by atoms with Crippen LogP contribution in [-0.4, -0.2) is 15.9 Å². The first-order valence-corrected chi connectivity index (χ1v) is 12.2. The Hall–Kier alpha value is -4.91. The summed E-state index contributed by atoms with van der Waals surface area (Å²) in [6.45, 7) is 5.95. The minimum atomic E-state index is -0.177. The lowest BCUT2D eigenvalue weighted by atomic mass is 10.1. The summed E-state index contributed by atoms with van der Waals surface area (Å²) in [5, 5.41) is 10.6. The van der Waals surface area contributed by atoms with Crippen LogP contribution in [-0.2, 0) is 0 Å². The van der Waals surface area contributed by atoms with E-state index in [4.69, 9.17) is 5.73 Å². The van der Waals surface area contributed by atoms with Crippen molar-refractivity contribution >= 4 is 50.9 Å². The van der Waals surface area contributed by atoms with Gasteiger partial charge in [0.2, 0.25) is 0 Å². The highest BCUT2D eigenvalue weighted by Crippen LogP contribution is 2.27. The average Bonchev–Trinajstić information content (AvgIpc) is 2.92. The van der Waals surface area contributed by atoms with Crippen LogP contribution in [0, 0.1) is 6.92 Å². The highest BCUT2D eigenvalue weighted by molar-refractivity contribution is 6.04. The molecule has 2 aromatic heterocycles. The molecule has 5 N–H and O–H groups in total. The molecule has 7 nitrogen and oxygen atoms in total. The quantitative estimate of drug-likeness (QED) is 0.186. The molecule has 0 aliphatic rings. The van der Waals surface area contributed by atoms with Crippen molar-refractivity contribution in [3.05, 3.63) is 109 Å². The Bertz CT molecular complexity index is 1500. The number of aromatic nitrogens is 2. The van der Waals surface area contributed by atoms with Gasteiger partial charge in [-0.2, -0.15) is 0 Å². The van der Waals surface area contributed by atoms with E-state index in [-0.39, 0.29) is 5.91 Å². The predicted octanol–water partition coefficient (Wildman–Crippen LogP) is 7.29. The number of benzene rings is 3. The topological polar surface area (TPSA) is 105 Å². The second kappa shape index (κ2) is 11.7. The van der Waals surface area contributed by atoms with Crippen molar-refractivity contribution in [3.8, 4) is 0 Å². The summed E-state index contributed by atoms with van der Waals surface area (Å²) in [7, 11) is 0. The first kappa shape index (κ1) is 25.2. The molecule has 0 saturated carbocycles. The molecule has 0 radical (unpaired) electrons. The fraction of sp³-hybridized carbons (Fsp3) is 0.100. The molecule has 0 bridgehead atoms. The maximum atomic E-state index is 12.7. The maximum absolute atomic E-state index is 12.7. The first-order chi connectivity index (χ1) is 18.0. The molecule has 186 valence electrons. The van der Waals surface area contributed by atoms with Crippen LogP contribution in [0.2, 0.25) is 0 Å². The monoisotopic (exact) mass is 490 g/mol. The number of hydrogen-bond donors (Lipinski definition) is 4. The minimum Gasteiger partial charge on any atom is -0.399 e. The molecular formula is C30H30N6O. The van der Waals surface area contributed by atoms with Gasteiger partial charge < -0.3 is 21.7 Å². The summed E-state index contributed by atoms with van der Waals surface area (Å²) in [4.78, 5) is 21.3. The molecule has 5 aromatic rings. The number of nitrogen functional groups attached to an aromatic ring is 1. The van der Waals surface area contributed by atoms with Gasteiger partial charge in [0.05, 0.1) is 5.52 Å². The van der Waals surface area contributed by atoms with Gasteiger partial charge in [-0.3, -0.25) is 14.8 Å². The van der Waals surface area contributed by atoms with Crippen LogP contribution in [0.4, 0.5) is 34.1 Å². The largest absolute Gasteiger partial charge is 0.399 e. The van der Waals surface area contributed by atoms with Crippen molar-refractivity contribution in [2.75, 3.05) is 21.7 Å². The van der Waals surface area contributed by atoms with Gasteiger partial charge >= 0.3 is 0 Å². The Kier molecular flexibility index (Phi) is 7.95. The number of amides is 1. The molecule has 2 heterocycles. The SMILES string of the molecule is CC.Cc1cc(Nc2ccc(NC(=O)c3ccc(Nc4ccnc5ccc(N)cc45)cc3)cc2)ccn1. The third-order valence-corrected chi connectivity index (χ3v) is 5.52. The van der Waals surface area contributed by atoms with Crippen LogP contribution in [0.3, 0.4) is 0 Å². The number of nitrogens with zero attached hydrogens (tertiary/aromatic N) is 2. The van der Waals surface area contributed by atoms with Crippen molar-refractivity contribution in [1.29, 1.82) is 0 Å². The molecule has 0 aliphatic carbocycles. The van der Waals surface area contributed by atoms with E-state index in [1.165, 1.54) is 0 Å². The number of carbonyl (C=O) groups excluding carboxylic acids is 1. The maximum Gasteiger partial charge on any atom is 0.255 e. The zero-order valence-corrected chi connectivity index (χ0v) is 21.1. The molecule has 0 unspecified atom stereocenters. The van der Waals surface area contributed by atoms with E-state index >= 15 is 0 Å². The number of rotatable bonds is 6. The molecule has 7 heteroatoms. The van der Waals surface area contributed by atoms with Crippen molar-refractivity contribution in [2.24, 2.45) is 0 Å². The highest BCUT2D eigenvalue weighted by atomic mass is 16.1. The van der Waals surface area contributed by atoms with Crippen molar-refractivity contribution in [3.63, 3.8) is 0 Å². The van der Waals surface area contributed by atoms with Gasteiger partial charge in [-0.1, -0.05) is 13.8 Å². The molecule has 0 aliphatic heterocycles. The van der Waals surface area contributed by atoms with Gasteiger partial charge in [-0.25, -0.2) is 0 Å². The highest BCUT2D eigenvalue weighted by Gasteiger charge is 2.08. The van der Waals surface area contributed by atoms with E-state index in [1.807, 2.05) is 93.6 Å². The number of carbonyl (C=O) groups is 1. The number of fused-ring (bicyclic) bond motifs is 1. The summed E-state index contributed by atoms with van der Waals surface area (Å²) >= 11 is 0. The molecular weight excluding hydrogens is 460 g/mol. The Morgan fingerprint density at radius 1 is 0.703 bits per heavy atom. The van der Waals surface area contributed by atoms with E-state index in [0.717, 1.165) is 45.0 Å². The number of hydrogen-bond acceptors (Lipinski definition) is 6. The van der Waals surface area contributed by atoms with Gasteiger partial charge in [0.15, 0.2) is 0 Å². The normalized spacial score (nSPS) is 10.2. The predicted molar refractivity (Wildman–Crippen MR) is 154 cm³/mol. The molecule has 1 amide bonds. The van der Waals surface area contributed by atoms with Gasteiger partial charge in [-0.15, -0.1) is 0 Å². The van der Waals surface area contributed by atoms with E-state index in [2.05, 4.69) is 25.9 Å². The van der Waals surface area contributed by atoms with Gasteiger partial charge in [-0.05, 0) is 91.9 Å². The number of nitrogens with one attached hydrogen (secondary N) is 3. The third kappa shape index (κ3) is 6.41. The molecule has 0 spiro atoms. The van der Waals surface area contributed by atoms with E-state index in [9.17, 15) is 4.79 Å². The fourth-order valence-corrected chi connectivity index (χ4v) is 3.76. The Labute approximate surface area is 216 Å². The minimum absolute atomic E-state index is 0.177. The fourth-order valence-electron chi connectivity index (χ4n) is 3.76. The second-order valence-corrected chi connectivity index (χ2v) is 8.18.